The maximum atomic E-state index is 10.9. The van der Waals surface area contributed by atoms with Gasteiger partial charge in [0, 0.05) is 6.21 Å². The van der Waals surface area contributed by atoms with Crippen molar-refractivity contribution in [3.05, 3.63) is 23.8 Å². The molecule has 0 saturated heterocycles. The number of hydrogen-bond acceptors (Lipinski definition) is 4. The Hall–Kier alpha value is -2.04. The first kappa shape index (κ1) is 14.0. The van der Waals surface area contributed by atoms with Gasteiger partial charge in [-0.3, -0.25) is 4.99 Å². The minimum atomic E-state index is -0.956. The van der Waals surface area contributed by atoms with Crippen molar-refractivity contribution in [2.45, 2.75) is 32.2 Å². The van der Waals surface area contributed by atoms with E-state index in [1.165, 1.54) is 18.3 Å². The van der Waals surface area contributed by atoms with Crippen LogP contribution in [0, 0.1) is 0 Å². The summed E-state index contributed by atoms with van der Waals surface area (Å²) in [6, 6.07) is 3.45. The summed E-state index contributed by atoms with van der Waals surface area (Å²) < 4.78 is 0. The fourth-order valence-electron chi connectivity index (χ4n) is 1.46. The van der Waals surface area contributed by atoms with E-state index in [1.54, 1.807) is 6.07 Å². The number of aliphatic carboxylic acids is 1. The standard InChI is InChI=1S/C13H17NO4/c1-2-3-4-10(13(17)18)14-8-9-5-6-11(15)12(16)7-9/h5-8,10,15-16H,2-4H2,1H3,(H,17,18). The van der Waals surface area contributed by atoms with Gasteiger partial charge in [-0.1, -0.05) is 19.8 Å². The van der Waals surface area contributed by atoms with Crippen molar-refractivity contribution in [3.8, 4) is 11.5 Å². The number of aliphatic imine (C=N–C) groups is 1. The van der Waals surface area contributed by atoms with Crippen molar-refractivity contribution in [1.82, 2.24) is 0 Å². The van der Waals surface area contributed by atoms with Gasteiger partial charge in [0.25, 0.3) is 0 Å². The van der Waals surface area contributed by atoms with Crippen LogP contribution >= 0.6 is 0 Å². The molecule has 0 aliphatic rings. The lowest BCUT2D eigenvalue weighted by molar-refractivity contribution is -0.138. The number of unbranched alkanes of at least 4 members (excludes halogenated alkanes) is 1. The Kier molecular flexibility index (Phi) is 5.17. The predicted octanol–water partition coefficient (Wildman–Crippen LogP) is 2.16. The molecule has 98 valence electrons. The topological polar surface area (TPSA) is 90.1 Å². The maximum Gasteiger partial charge on any atom is 0.328 e. The minimum absolute atomic E-state index is 0.215. The summed E-state index contributed by atoms with van der Waals surface area (Å²) in [6.45, 7) is 1.99. The van der Waals surface area contributed by atoms with Gasteiger partial charge in [-0.05, 0) is 30.2 Å². The first-order valence-corrected chi connectivity index (χ1v) is 5.82. The number of phenols is 2. The van der Waals surface area contributed by atoms with Crippen LogP contribution in [0.3, 0.4) is 0 Å². The number of benzene rings is 1. The lowest BCUT2D eigenvalue weighted by atomic mass is 10.1. The quantitative estimate of drug-likeness (QED) is 0.533. The molecule has 0 saturated carbocycles. The van der Waals surface area contributed by atoms with Crippen molar-refractivity contribution < 1.29 is 20.1 Å². The lowest BCUT2D eigenvalue weighted by Gasteiger charge is -2.06. The fraction of sp³-hybridized carbons (Fsp3) is 0.385. The van der Waals surface area contributed by atoms with Crippen LogP contribution in [0.25, 0.3) is 0 Å². The van der Waals surface area contributed by atoms with E-state index in [2.05, 4.69) is 4.99 Å². The second-order valence-corrected chi connectivity index (χ2v) is 4.02. The predicted molar refractivity (Wildman–Crippen MR) is 68.3 cm³/mol. The number of aromatic hydroxyl groups is 2. The van der Waals surface area contributed by atoms with E-state index >= 15 is 0 Å². The largest absolute Gasteiger partial charge is 0.504 e. The Balaban J connectivity index is 2.75. The zero-order valence-electron chi connectivity index (χ0n) is 10.2. The Labute approximate surface area is 105 Å². The molecule has 0 radical (unpaired) electrons. The molecular weight excluding hydrogens is 234 g/mol. The van der Waals surface area contributed by atoms with E-state index in [9.17, 15) is 9.90 Å². The Morgan fingerprint density at radius 2 is 2.11 bits per heavy atom. The molecule has 0 bridgehead atoms. The van der Waals surface area contributed by atoms with Gasteiger partial charge in [-0.2, -0.15) is 0 Å². The average Bonchev–Trinajstić information content (AvgIpc) is 2.33. The molecule has 5 nitrogen and oxygen atoms in total. The third-order valence-electron chi connectivity index (χ3n) is 2.52. The van der Waals surface area contributed by atoms with E-state index in [1.807, 2.05) is 6.92 Å². The summed E-state index contributed by atoms with van der Waals surface area (Å²) in [7, 11) is 0. The molecule has 5 heteroatoms. The molecule has 1 unspecified atom stereocenters. The second kappa shape index (κ2) is 6.64. The molecule has 3 N–H and O–H groups in total. The van der Waals surface area contributed by atoms with Gasteiger partial charge in [0.1, 0.15) is 6.04 Å². The first-order valence-electron chi connectivity index (χ1n) is 5.82. The summed E-state index contributed by atoms with van der Waals surface area (Å²) in [4.78, 5) is 14.9. The van der Waals surface area contributed by atoms with E-state index in [0.29, 0.717) is 12.0 Å². The monoisotopic (exact) mass is 251 g/mol. The number of hydrogen-bond donors (Lipinski definition) is 3. The fourth-order valence-corrected chi connectivity index (χ4v) is 1.46. The van der Waals surface area contributed by atoms with Crippen LogP contribution in [0.1, 0.15) is 31.7 Å². The summed E-state index contributed by atoms with van der Waals surface area (Å²) in [6.07, 6.45) is 3.61. The second-order valence-electron chi connectivity index (χ2n) is 4.02. The maximum absolute atomic E-state index is 10.9. The van der Waals surface area contributed by atoms with E-state index in [0.717, 1.165) is 12.8 Å². The third-order valence-corrected chi connectivity index (χ3v) is 2.52. The first-order chi connectivity index (χ1) is 8.54. The molecule has 1 rings (SSSR count). The van der Waals surface area contributed by atoms with Crippen molar-refractivity contribution in [3.63, 3.8) is 0 Å². The zero-order valence-corrected chi connectivity index (χ0v) is 10.2. The van der Waals surface area contributed by atoms with Crippen LogP contribution in [0.5, 0.6) is 11.5 Å². The summed E-state index contributed by atoms with van der Waals surface area (Å²) in [5.41, 5.74) is 0.549. The van der Waals surface area contributed by atoms with Crippen LogP contribution in [0.4, 0.5) is 0 Å². The highest BCUT2D eigenvalue weighted by Gasteiger charge is 2.14. The van der Waals surface area contributed by atoms with Crippen molar-refractivity contribution in [2.24, 2.45) is 4.99 Å². The van der Waals surface area contributed by atoms with Gasteiger partial charge < -0.3 is 15.3 Å². The molecule has 0 heterocycles. The molecule has 1 atom stereocenters. The third kappa shape index (κ3) is 4.08. The van der Waals surface area contributed by atoms with Gasteiger partial charge in [-0.25, -0.2) is 4.79 Å². The molecule has 0 aromatic heterocycles. The normalized spacial score (nSPS) is 12.7. The molecule has 0 fully saturated rings. The van der Waals surface area contributed by atoms with Crippen LogP contribution in [0.2, 0.25) is 0 Å². The molecule has 1 aromatic carbocycles. The summed E-state index contributed by atoms with van der Waals surface area (Å²) in [5.74, 6) is -1.42. The lowest BCUT2D eigenvalue weighted by Crippen LogP contribution is -2.17. The Bertz CT molecular complexity index is 443. The molecule has 1 aromatic rings. The van der Waals surface area contributed by atoms with Gasteiger partial charge in [0.2, 0.25) is 0 Å². The van der Waals surface area contributed by atoms with Crippen LogP contribution < -0.4 is 0 Å². The molecule has 0 amide bonds. The van der Waals surface area contributed by atoms with Crippen LogP contribution in [-0.4, -0.2) is 33.5 Å². The molecule has 0 spiro atoms. The van der Waals surface area contributed by atoms with Crippen LogP contribution in [0.15, 0.2) is 23.2 Å². The minimum Gasteiger partial charge on any atom is -0.504 e. The van der Waals surface area contributed by atoms with Crippen molar-refractivity contribution in [1.29, 1.82) is 0 Å². The van der Waals surface area contributed by atoms with Crippen molar-refractivity contribution >= 4 is 12.2 Å². The highest BCUT2D eigenvalue weighted by molar-refractivity contribution is 5.84. The van der Waals surface area contributed by atoms with Gasteiger partial charge >= 0.3 is 5.97 Å². The van der Waals surface area contributed by atoms with Crippen LogP contribution in [-0.2, 0) is 4.79 Å². The van der Waals surface area contributed by atoms with Gasteiger partial charge in [0.05, 0.1) is 0 Å². The van der Waals surface area contributed by atoms with Crippen molar-refractivity contribution in [2.75, 3.05) is 0 Å². The average molecular weight is 251 g/mol. The van der Waals surface area contributed by atoms with E-state index < -0.39 is 12.0 Å². The van der Waals surface area contributed by atoms with Gasteiger partial charge in [0.15, 0.2) is 11.5 Å². The SMILES string of the molecule is CCCCC(N=Cc1ccc(O)c(O)c1)C(=O)O. The number of rotatable bonds is 6. The van der Waals surface area contributed by atoms with E-state index in [-0.39, 0.29) is 11.5 Å². The molecule has 0 aliphatic carbocycles. The highest BCUT2D eigenvalue weighted by atomic mass is 16.4. The molecular formula is C13H17NO4. The van der Waals surface area contributed by atoms with Gasteiger partial charge in [-0.15, -0.1) is 0 Å². The number of nitrogens with zero attached hydrogens (tertiary/aromatic N) is 1. The Morgan fingerprint density at radius 3 is 2.67 bits per heavy atom. The number of phenolic OH excluding ortho intramolecular Hbond substituents is 2. The molecule has 0 aliphatic heterocycles. The van der Waals surface area contributed by atoms with E-state index in [4.69, 9.17) is 10.2 Å². The Morgan fingerprint density at radius 1 is 1.39 bits per heavy atom. The number of carboxylic acids is 1. The summed E-state index contributed by atoms with van der Waals surface area (Å²) >= 11 is 0. The number of carbonyl (C=O) groups is 1. The molecule has 18 heavy (non-hydrogen) atoms. The number of carboxylic acid groups (broad SMARTS) is 1. The highest BCUT2D eigenvalue weighted by Crippen LogP contribution is 2.24. The smallest absolute Gasteiger partial charge is 0.328 e. The zero-order chi connectivity index (χ0) is 13.5. The summed E-state index contributed by atoms with van der Waals surface area (Å²) in [5, 5.41) is 27.4.